The van der Waals surface area contributed by atoms with Gasteiger partial charge in [0.25, 0.3) is 11.8 Å². The highest BCUT2D eigenvalue weighted by molar-refractivity contribution is 5.96. The molecular formula is C32H39N3O7. The average molecular weight is 578 g/mol. The van der Waals surface area contributed by atoms with E-state index in [4.69, 9.17) is 24.0 Å². The van der Waals surface area contributed by atoms with Crippen LogP contribution in [-0.2, 0) is 30.6 Å². The van der Waals surface area contributed by atoms with E-state index in [-0.39, 0.29) is 23.7 Å². The quantitative estimate of drug-likeness (QED) is 0.282. The lowest BCUT2D eigenvalue weighted by Crippen LogP contribution is -2.70. The molecule has 1 aliphatic carbocycles. The molecule has 4 aliphatic heterocycles. The van der Waals surface area contributed by atoms with E-state index in [0.717, 1.165) is 36.8 Å². The van der Waals surface area contributed by atoms with Crippen molar-refractivity contribution >= 4 is 18.0 Å². The number of ether oxygens (including phenoxy) is 3. The molecule has 2 amide bonds. The van der Waals surface area contributed by atoms with Crippen LogP contribution in [0.25, 0.3) is 0 Å². The van der Waals surface area contributed by atoms with Crippen molar-refractivity contribution < 1.29 is 33.6 Å². The van der Waals surface area contributed by atoms with Gasteiger partial charge in [-0.1, -0.05) is 38.1 Å². The normalized spacial score (nSPS) is 35.3. The number of hydrogen-bond donors (Lipinski definition) is 2. The van der Waals surface area contributed by atoms with Crippen LogP contribution in [0.3, 0.4) is 0 Å². The van der Waals surface area contributed by atoms with Crippen LogP contribution >= 0.6 is 0 Å². The molecule has 2 bridgehead atoms. The van der Waals surface area contributed by atoms with Crippen LogP contribution in [0.4, 0.5) is 0 Å². The molecule has 1 spiro atoms. The van der Waals surface area contributed by atoms with Gasteiger partial charge in [0, 0.05) is 36.4 Å². The number of carbonyl (C=O) groups is 2. The second kappa shape index (κ2) is 11.5. The van der Waals surface area contributed by atoms with E-state index in [1.807, 2.05) is 19.1 Å². The van der Waals surface area contributed by atoms with Gasteiger partial charge in [0.05, 0.1) is 12.8 Å². The maximum absolute atomic E-state index is 12.6. The van der Waals surface area contributed by atoms with Crippen LogP contribution in [0.2, 0.25) is 0 Å². The van der Waals surface area contributed by atoms with E-state index in [2.05, 4.69) is 29.7 Å². The Labute approximate surface area is 246 Å². The van der Waals surface area contributed by atoms with Crippen molar-refractivity contribution in [2.24, 2.45) is 28.8 Å². The molecule has 5 fully saturated rings. The Balaban J connectivity index is 1.05. The summed E-state index contributed by atoms with van der Waals surface area (Å²) in [7, 11) is 1.58. The monoisotopic (exact) mass is 577 g/mol. The number of amides is 2. The zero-order valence-corrected chi connectivity index (χ0v) is 24.5. The fraction of sp³-hybridized carbons (Fsp3) is 0.531. The standard InChI is InChI=1S/C32H39N3O7/c1-19-5-14-26-20(2)29(39-30-32(26)25(19)15-16-31(3,40-30)41-42-32)38-18-22-8-12-24(13-9-22)28(37)35-34-17-21-6-10-23(11-7-21)27(36)33-4/h6-13,17,19-20,25-26,29-30H,5,14-16,18H2,1-4H3,(H,33,36)(H,35,37)/t19-,20-,25?,26?,29?,30?,31+,32-/m1/s1. The predicted octanol–water partition coefficient (Wildman–Crippen LogP) is 4.53. The molecule has 2 aromatic rings. The lowest BCUT2D eigenvalue weighted by molar-refractivity contribution is -0.577. The zero-order valence-electron chi connectivity index (χ0n) is 24.5. The molecule has 0 aromatic heterocycles. The number of hydrogen-bond acceptors (Lipinski definition) is 8. The summed E-state index contributed by atoms with van der Waals surface area (Å²) in [5, 5.41) is 6.61. The molecule has 10 heteroatoms. The van der Waals surface area contributed by atoms with Gasteiger partial charge in [0.15, 0.2) is 18.2 Å². The number of fused-ring (bicyclic) bond motifs is 2. The summed E-state index contributed by atoms with van der Waals surface area (Å²) in [6.45, 7) is 6.72. The van der Waals surface area contributed by atoms with Gasteiger partial charge in [-0.2, -0.15) is 5.10 Å². The first-order chi connectivity index (χ1) is 20.2. The smallest absolute Gasteiger partial charge is 0.271 e. The van der Waals surface area contributed by atoms with Crippen LogP contribution in [-0.4, -0.2) is 49.0 Å². The largest absolute Gasteiger partial charge is 0.355 e. The first-order valence-electron chi connectivity index (χ1n) is 14.8. The van der Waals surface area contributed by atoms with E-state index < -0.39 is 24.0 Å². The van der Waals surface area contributed by atoms with Crippen LogP contribution in [0, 0.1) is 23.7 Å². The van der Waals surface area contributed by atoms with Gasteiger partial charge in [-0.3, -0.25) is 9.59 Å². The summed E-state index contributed by atoms with van der Waals surface area (Å²) in [5.41, 5.74) is 4.64. The van der Waals surface area contributed by atoms with Crippen molar-refractivity contribution in [1.29, 1.82) is 0 Å². The molecule has 4 unspecified atom stereocenters. The summed E-state index contributed by atoms with van der Waals surface area (Å²) in [6.07, 6.45) is 4.44. The number of nitrogens with one attached hydrogen (secondary N) is 2. The predicted molar refractivity (Wildman–Crippen MR) is 153 cm³/mol. The van der Waals surface area contributed by atoms with Gasteiger partial charge in [0.1, 0.15) is 0 Å². The van der Waals surface area contributed by atoms with Gasteiger partial charge < -0.3 is 19.5 Å². The molecular weight excluding hydrogens is 538 g/mol. The van der Waals surface area contributed by atoms with Crippen molar-refractivity contribution in [3.8, 4) is 0 Å². The highest BCUT2D eigenvalue weighted by Crippen LogP contribution is 2.60. The van der Waals surface area contributed by atoms with E-state index >= 15 is 0 Å². The fourth-order valence-electron chi connectivity index (χ4n) is 7.09. The number of nitrogens with zero attached hydrogens (tertiary/aromatic N) is 1. The van der Waals surface area contributed by atoms with Crippen LogP contribution in [0.5, 0.6) is 0 Å². The van der Waals surface area contributed by atoms with Crippen LogP contribution < -0.4 is 10.7 Å². The van der Waals surface area contributed by atoms with Crippen molar-refractivity contribution in [3.63, 3.8) is 0 Å². The van der Waals surface area contributed by atoms with E-state index in [1.54, 1.807) is 43.4 Å². The molecule has 42 heavy (non-hydrogen) atoms. The first-order valence-corrected chi connectivity index (χ1v) is 14.8. The molecule has 2 N–H and O–H groups in total. The molecule has 4 heterocycles. The Kier molecular flexibility index (Phi) is 7.93. The third-order valence-electron chi connectivity index (χ3n) is 9.51. The van der Waals surface area contributed by atoms with E-state index in [9.17, 15) is 9.59 Å². The first kappa shape index (κ1) is 28.9. The van der Waals surface area contributed by atoms with Crippen molar-refractivity contribution in [2.45, 2.75) is 77.0 Å². The van der Waals surface area contributed by atoms with Gasteiger partial charge in [-0.15, -0.1) is 0 Å². The topological polar surface area (TPSA) is 117 Å². The molecule has 0 radical (unpaired) electrons. The van der Waals surface area contributed by atoms with Gasteiger partial charge >= 0.3 is 0 Å². The third kappa shape index (κ3) is 5.26. The fourth-order valence-corrected chi connectivity index (χ4v) is 7.09. The van der Waals surface area contributed by atoms with Gasteiger partial charge in [0.2, 0.25) is 5.79 Å². The Hall–Kier alpha value is -3.15. The summed E-state index contributed by atoms with van der Waals surface area (Å²) >= 11 is 0. The summed E-state index contributed by atoms with van der Waals surface area (Å²) in [6, 6.07) is 14.1. The van der Waals surface area contributed by atoms with Crippen molar-refractivity contribution in [3.05, 3.63) is 70.8 Å². The van der Waals surface area contributed by atoms with Crippen molar-refractivity contribution in [2.75, 3.05) is 7.05 Å². The molecule has 7 rings (SSSR count). The Morgan fingerprint density at radius 2 is 1.69 bits per heavy atom. The maximum Gasteiger partial charge on any atom is 0.271 e. The number of carbonyl (C=O) groups excluding carboxylic acids is 2. The Morgan fingerprint density at radius 1 is 0.976 bits per heavy atom. The second-order valence-corrected chi connectivity index (χ2v) is 12.2. The molecule has 4 saturated heterocycles. The number of benzene rings is 2. The van der Waals surface area contributed by atoms with E-state index in [1.165, 1.54) is 6.21 Å². The minimum atomic E-state index is -0.819. The zero-order chi connectivity index (χ0) is 29.5. The molecule has 1 saturated carbocycles. The summed E-state index contributed by atoms with van der Waals surface area (Å²) in [4.78, 5) is 36.3. The van der Waals surface area contributed by atoms with Crippen LogP contribution in [0.15, 0.2) is 53.6 Å². The Bertz CT molecular complexity index is 1330. The van der Waals surface area contributed by atoms with E-state index in [0.29, 0.717) is 29.6 Å². The van der Waals surface area contributed by atoms with Crippen molar-refractivity contribution in [1.82, 2.24) is 10.7 Å². The minimum Gasteiger partial charge on any atom is -0.355 e. The minimum absolute atomic E-state index is 0.0915. The lowest BCUT2D eigenvalue weighted by atomic mass is 9.58. The summed E-state index contributed by atoms with van der Waals surface area (Å²) < 4.78 is 19.2. The Morgan fingerprint density at radius 3 is 2.43 bits per heavy atom. The third-order valence-corrected chi connectivity index (χ3v) is 9.51. The SMILES string of the molecule is CNC(=O)c1ccc(C=NNC(=O)c2ccc(COC3OC4O[C@]5(C)CCC6[C@H](C)CCC([C@H]3C)[C@@]46OO5)cc2)cc1. The van der Waals surface area contributed by atoms with Gasteiger partial charge in [-0.25, -0.2) is 15.2 Å². The highest BCUT2D eigenvalue weighted by Gasteiger charge is 2.69. The van der Waals surface area contributed by atoms with Crippen LogP contribution in [0.1, 0.15) is 78.3 Å². The highest BCUT2D eigenvalue weighted by atomic mass is 17.3. The van der Waals surface area contributed by atoms with Gasteiger partial charge in [-0.05, 0) is 73.4 Å². The number of hydrazone groups is 1. The lowest BCUT2D eigenvalue weighted by Gasteiger charge is -2.60. The summed E-state index contributed by atoms with van der Waals surface area (Å²) in [5.74, 6) is -0.196. The molecule has 224 valence electrons. The second-order valence-electron chi connectivity index (χ2n) is 12.2. The number of rotatable bonds is 7. The molecule has 2 aromatic carbocycles. The molecule has 8 atom stereocenters. The molecule has 5 aliphatic rings. The molecule has 10 nitrogen and oxygen atoms in total. The average Bonchev–Trinajstić information content (AvgIpc) is 3.24. The maximum atomic E-state index is 12.6.